The number of nitrogens with zero attached hydrogens (tertiary/aromatic N) is 2. The van der Waals surface area contributed by atoms with Crippen LogP contribution in [-0.2, 0) is 11.3 Å². The second-order valence-corrected chi connectivity index (χ2v) is 7.71. The highest BCUT2D eigenvalue weighted by Crippen LogP contribution is 2.32. The minimum atomic E-state index is -0.769. The van der Waals surface area contributed by atoms with E-state index in [0.29, 0.717) is 11.1 Å². The largest absolute Gasteiger partial charge is 0.350 e. The molecule has 2 heterocycles. The molecule has 0 fully saturated rings. The second-order valence-electron chi connectivity index (χ2n) is 6.66. The highest BCUT2D eigenvalue weighted by molar-refractivity contribution is 7.26. The molecule has 5 nitrogen and oxygen atoms in total. The molecule has 0 bridgehead atoms. The molecule has 2 aromatic carbocycles. The Morgan fingerprint density at radius 2 is 1.93 bits per heavy atom. The van der Waals surface area contributed by atoms with Gasteiger partial charge in [-0.15, -0.1) is 11.3 Å². The monoisotopic (exact) mass is 395 g/mol. The molecule has 0 aliphatic rings. The first-order chi connectivity index (χ1) is 13.5. The average Bonchev–Trinajstić information content (AvgIpc) is 3.10. The standard InChI is InChI=1S/C21H18FN3O2S/c1-12-19-18(16-5-3-4-6-17(16)28-19)21(27)25(24-12)13(2)20(26)23-11-14-7-9-15(22)10-8-14/h3-10,13H,11H2,1-2H3,(H,23,26)/t13-/m1/s1. The Balaban J connectivity index is 1.66. The van der Waals surface area contributed by atoms with E-state index >= 15 is 0 Å². The molecule has 0 aliphatic heterocycles. The van der Waals surface area contributed by atoms with Gasteiger partial charge in [-0.05, 0) is 37.6 Å². The van der Waals surface area contributed by atoms with Crippen molar-refractivity contribution >= 4 is 37.4 Å². The summed E-state index contributed by atoms with van der Waals surface area (Å²) >= 11 is 1.53. The summed E-state index contributed by atoms with van der Waals surface area (Å²) in [5.74, 6) is -0.650. The number of thiophene rings is 1. The van der Waals surface area contributed by atoms with Gasteiger partial charge in [0.1, 0.15) is 11.9 Å². The van der Waals surface area contributed by atoms with Crippen LogP contribution in [0.3, 0.4) is 0 Å². The molecule has 0 saturated heterocycles. The van der Waals surface area contributed by atoms with E-state index in [1.54, 1.807) is 19.1 Å². The van der Waals surface area contributed by atoms with E-state index in [1.807, 2.05) is 31.2 Å². The van der Waals surface area contributed by atoms with Crippen molar-refractivity contribution in [1.29, 1.82) is 0 Å². The normalized spacial score (nSPS) is 12.4. The van der Waals surface area contributed by atoms with Crippen molar-refractivity contribution in [2.24, 2.45) is 0 Å². The predicted octanol–water partition coefficient (Wildman–Crippen LogP) is 3.94. The van der Waals surface area contributed by atoms with Crippen LogP contribution in [0.4, 0.5) is 4.39 Å². The van der Waals surface area contributed by atoms with Gasteiger partial charge in [-0.3, -0.25) is 9.59 Å². The van der Waals surface area contributed by atoms with Crippen LogP contribution in [0.1, 0.15) is 24.2 Å². The Hall–Kier alpha value is -3.06. The number of carbonyl (C=O) groups excluding carboxylic acids is 1. The second kappa shape index (κ2) is 7.16. The van der Waals surface area contributed by atoms with Gasteiger partial charge in [0.15, 0.2) is 0 Å². The average molecular weight is 395 g/mol. The van der Waals surface area contributed by atoms with Crippen LogP contribution < -0.4 is 10.9 Å². The fourth-order valence-electron chi connectivity index (χ4n) is 3.19. The van der Waals surface area contributed by atoms with Crippen molar-refractivity contribution in [3.8, 4) is 0 Å². The molecule has 0 radical (unpaired) electrons. The maximum Gasteiger partial charge on any atom is 0.276 e. The minimum absolute atomic E-state index is 0.251. The minimum Gasteiger partial charge on any atom is -0.350 e. The zero-order valence-electron chi connectivity index (χ0n) is 15.4. The van der Waals surface area contributed by atoms with E-state index in [9.17, 15) is 14.0 Å². The molecule has 28 heavy (non-hydrogen) atoms. The van der Waals surface area contributed by atoms with Crippen molar-refractivity contribution < 1.29 is 9.18 Å². The van der Waals surface area contributed by atoms with Crippen LogP contribution in [0.5, 0.6) is 0 Å². The van der Waals surface area contributed by atoms with Crippen LogP contribution in [0, 0.1) is 12.7 Å². The molecular weight excluding hydrogens is 377 g/mol. The van der Waals surface area contributed by atoms with Gasteiger partial charge in [0, 0.05) is 16.6 Å². The van der Waals surface area contributed by atoms with Crippen molar-refractivity contribution in [2.75, 3.05) is 0 Å². The van der Waals surface area contributed by atoms with Gasteiger partial charge >= 0.3 is 0 Å². The van der Waals surface area contributed by atoms with Gasteiger partial charge in [-0.25, -0.2) is 9.07 Å². The first-order valence-corrected chi connectivity index (χ1v) is 9.70. The Morgan fingerprint density at radius 1 is 1.21 bits per heavy atom. The highest BCUT2D eigenvalue weighted by Gasteiger charge is 2.21. The third-order valence-corrected chi connectivity index (χ3v) is 6.01. The lowest BCUT2D eigenvalue weighted by Gasteiger charge is -2.15. The van der Waals surface area contributed by atoms with Gasteiger partial charge in [0.2, 0.25) is 5.91 Å². The Labute approximate surface area is 164 Å². The van der Waals surface area contributed by atoms with E-state index in [4.69, 9.17) is 0 Å². The van der Waals surface area contributed by atoms with E-state index in [1.165, 1.54) is 28.2 Å². The van der Waals surface area contributed by atoms with Crippen molar-refractivity contribution in [3.63, 3.8) is 0 Å². The number of aryl methyl sites for hydroxylation is 1. The number of hydrogen-bond acceptors (Lipinski definition) is 4. The fraction of sp³-hybridized carbons (Fsp3) is 0.190. The Kier molecular flexibility index (Phi) is 4.68. The lowest BCUT2D eigenvalue weighted by atomic mass is 10.2. The number of carbonyl (C=O) groups is 1. The molecule has 4 aromatic rings. The number of fused-ring (bicyclic) bond motifs is 3. The SMILES string of the molecule is Cc1nn([C@H](C)C(=O)NCc2ccc(F)cc2)c(=O)c2c1sc1ccccc12. The van der Waals surface area contributed by atoms with Crippen molar-refractivity contribution in [2.45, 2.75) is 26.4 Å². The summed E-state index contributed by atoms with van der Waals surface area (Å²) in [6.07, 6.45) is 0. The molecule has 1 atom stereocenters. The zero-order valence-corrected chi connectivity index (χ0v) is 16.2. The maximum absolute atomic E-state index is 13.1. The summed E-state index contributed by atoms with van der Waals surface area (Å²) in [4.78, 5) is 25.7. The van der Waals surface area contributed by atoms with Crippen LogP contribution in [0.2, 0.25) is 0 Å². The smallest absolute Gasteiger partial charge is 0.276 e. The van der Waals surface area contributed by atoms with Gasteiger partial charge in [0.25, 0.3) is 5.56 Å². The molecule has 1 N–H and O–H groups in total. The van der Waals surface area contributed by atoms with Gasteiger partial charge in [0.05, 0.1) is 15.8 Å². The van der Waals surface area contributed by atoms with Gasteiger partial charge in [-0.2, -0.15) is 5.10 Å². The number of hydrogen-bond donors (Lipinski definition) is 1. The summed E-state index contributed by atoms with van der Waals surface area (Å²) in [6.45, 7) is 3.74. The van der Waals surface area contributed by atoms with Crippen molar-refractivity contribution in [1.82, 2.24) is 15.1 Å². The summed E-state index contributed by atoms with van der Waals surface area (Å²) < 4.78 is 16.1. The Bertz CT molecular complexity index is 1240. The summed E-state index contributed by atoms with van der Waals surface area (Å²) in [5.41, 5.74) is 1.22. The molecule has 1 amide bonds. The number of halogens is 1. The molecule has 0 aliphatic carbocycles. The lowest BCUT2D eigenvalue weighted by molar-refractivity contribution is -0.124. The molecule has 0 spiro atoms. The van der Waals surface area contributed by atoms with Crippen LogP contribution in [0.15, 0.2) is 53.3 Å². The molecule has 0 unspecified atom stereocenters. The van der Waals surface area contributed by atoms with E-state index < -0.39 is 6.04 Å². The third-order valence-electron chi connectivity index (χ3n) is 4.73. The summed E-state index contributed by atoms with van der Waals surface area (Å²) in [5, 5.41) is 8.66. The summed E-state index contributed by atoms with van der Waals surface area (Å²) in [7, 11) is 0. The quantitative estimate of drug-likeness (QED) is 0.569. The number of rotatable bonds is 4. The predicted molar refractivity (Wildman–Crippen MR) is 109 cm³/mol. The molecule has 0 saturated carbocycles. The number of amides is 1. The van der Waals surface area contributed by atoms with E-state index in [2.05, 4.69) is 10.4 Å². The lowest BCUT2D eigenvalue weighted by Crippen LogP contribution is -2.37. The van der Waals surface area contributed by atoms with Gasteiger partial charge < -0.3 is 5.32 Å². The molecule has 7 heteroatoms. The summed E-state index contributed by atoms with van der Waals surface area (Å²) in [6, 6.07) is 12.9. The topological polar surface area (TPSA) is 64.0 Å². The first-order valence-electron chi connectivity index (χ1n) is 8.88. The maximum atomic E-state index is 13.1. The number of benzene rings is 2. The molecule has 2 aromatic heterocycles. The van der Waals surface area contributed by atoms with Gasteiger partial charge in [-0.1, -0.05) is 30.3 Å². The van der Waals surface area contributed by atoms with Crippen LogP contribution in [0.25, 0.3) is 20.2 Å². The zero-order chi connectivity index (χ0) is 19.8. The van der Waals surface area contributed by atoms with Crippen LogP contribution in [-0.4, -0.2) is 15.7 Å². The first kappa shape index (κ1) is 18.3. The highest BCUT2D eigenvalue weighted by atomic mass is 32.1. The number of nitrogens with one attached hydrogen (secondary N) is 1. The molecular formula is C21H18FN3O2S. The number of aromatic nitrogens is 2. The van der Waals surface area contributed by atoms with E-state index in [-0.39, 0.29) is 23.8 Å². The van der Waals surface area contributed by atoms with Crippen molar-refractivity contribution in [3.05, 3.63) is 76.0 Å². The fourth-order valence-corrected chi connectivity index (χ4v) is 4.33. The third kappa shape index (κ3) is 3.18. The molecule has 142 valence electrons. The van der Waals surface area contributed by atoms with E-state index in [0.717, 1.165) is 20.3 Å². The van der Waals surface area contributed by atoms with Crippen LogP contribution >= 0.6 is 11.3 Å². The Morgan fingerprint density at radius 3 is 2.68 bits per heavy atom. The molecule has 4 rings (SSSR count).